The van der Waals surface area contributed by atoms with Crippen LogP contribution in [0.2, 0.25) is 0 Å². The Morgan fingerprint density at radius 3 is 2.14 bits per heavy atom. The molecular weight excluding hydrogens is 380 g/mol. The zero-order valence-electron chi connectivity index (χ0n) is 16.4. The quantitative estimate of drug-likeness (QED) is 0.384. The first-order chi connectivity index (χ1) is 14.0. The van der Waals surface area contributed by atoms with Crippen molar-refractivity contribution < 1.29 is 22.3 Å². The topological polar surface area (TPSA) is 9.23 Å². The summed E-state index contributed by atoms with van der Waals surface area (Å²) in [4.78, 5) is 0. The smallest absolute Gasteiger partial charge is 0.387 e. The minimum absolute atomic E-state index is 0.000854. The van der Waals surface area contributed by atoms with Gasteiger partial charge in [-0.15, -0.1) is 0 Å². The molecule has 0 N–H and O–H groups in total. The first-order valence-electron chi connectivity index (χ1n) is 10.0. The molecule has 1 fully saturated rings. The van der Waals surface area contributed by atoms with Gasteiger partial charge in [0.2, 0.25) is 0 Å². The molecule has 5 heteroatoms. The molecule has 0 unspecified atom stereocenters. The molecule has 0 radical (unpaired) electrons. The van der Waals surface area contributed by atoms with Crippen LogP contribution in [-0.4, -0.2) is 6.61 Å². The van der Waals surface area contributed by atoms with Gasteiger partial charge in [-0.25, -0.2) is 8.78 Å². The van der Waals surface area contributed by atoms with Crippen molar-refractivity contribution in [3.63, 3.8) is 0 Å². The second-order valence-electron chi connectivity index (χ2n) is 7.52. The molecule has 2 aromatic carbocycles. The van der Waals surface area contributed by atoms with Crippen molar-refractivity contribution in [2.75, 3.05) is 0 Å². The molecule has 0 amide bonds. The van der Waals surface area contributed by atoms with Gasteiger partial charge in [-0.1, -0.05) is 31.6 Å². The molecule has 0 atom stereocenters. The monoisotopic (exact) mass is 404 g/mol. The summed E-state index contributed by atoms with van der Waals surface area (Å²) in [6, 6.07) is 8.39. The van der Waals surface area contributed by atoms with Gasteiger partial charge in [0.25, 0.3) is 0 Å². The number of hydrogen-bond acceptors (Lipinski definition) is 1. The van der Waals surface area contributed by atoms with Gasteiger partial charge in [-0.05, 0) is 79.5 Å². The Balaban J connectivity index is 1.71. The van der Waals surface area contributed by atoms with E-state index in [-0.39, 0.29) is 17.2 Å². The SMILES string of the molecule is CCC[C@H]1CC[C@H](c2cc(F)c(C#Cc3ccc(OC(F)F)cc3)c(F)c2)CC1. The molecule has 154 valence electrons. The van der Waals surface area contributed by atoms with Crippen molar-refractivity contribution >= 4 is 0 Å². The summed E-state index contributed by atoms with van der Waals surface area (Å²) in [5.74, 6) is 4.78. The van der Waals surface area contributed by atoms with Crippen LogP contribution in [0.5, 0.6) is 5.75 Å². The molecular formula is C24H24F4O. The van der Waals surface area contributed by atoms with E-state index in [1.165, 1.54) is 49.2 Å². The number of alkyl halides is 2. The number of ether oxygens (including phenoxy) is 1. The second-order valence-corrected chi connectivity index (χ2v) is 7.52. The average Bonchev–Trinajstić information content (AvgIpc) is 2.69. The molecule has 29 heavy (non-hydrogen) atoms. The summed E-state index contributed by atoms with van der Waals surface area (Å²) in [5.41, 5.74) is 0.874. The summed E-state index contributed by atoms with van der Waals surface area (Å²) >= 11 is 0. The summed E-state index contributed by atoms with van der Waals surface area (Å²) in [5, 5.41) is 0. The van der Waals surface area contributed by atoms with Crippen LogP contribution in [0.3, 0.4) is 0 Å². The van der Waals surface area contributed by atoms with Crippen molar-refractivity contribution in [3.8, 4) is 17.6 Å². The van der Waals surface area contributed by atoms with Gasteiger partial charge < -0.3 is 4.74 Å². The lowest BCUT2D eigenvalue weighted by Crippen LogP contribution is -2.13. The Morgan fingerprint density at radius 2 is 1.59 bits per heavy atom. The number of halogens is 4. The summed E-state index contributed by atoms with van der Waals surface area (Å²) < 4.78 is 57.6. The summed E-state index contributed by atoms with van der Waals surface area (Å²) in [7, 11) is 0. The third-order valence-electron chi connectivity index (χ3n) is 5.49. The van der Waals surface area contributed by atoms with Crippen LogP contribution in [0.15, 0.2) is 36.4 Å². The van der Waals surface area contributed by atoms with E-state index in [0.717, 1.165) is 31.6 Å². The lowest BCUT2D eigenvalue weighted by molar-refractivity contribution is -0.0498. The lowest BCUT2D eigenvalue weighted by atomic mass is 9.77. The van der Waals surface area contributed by atoms with E-state index in [9.17, 15) is 17.6 Å². The fraction of sp³-hybridized carbons (Fsp3) is 0.417. The highest BCUT2D eigenvalue weighted by Gasteiger charge is 2.23. The van der Waals surface area contributed by atoms with E-state index in [1.54, 1.807) is 0 Å². The van der Waals surface area contributed by atoms with Gasteiger partial charge in [-0.2, -0.15) is 8.78 Å². The highest BCUT2D eigenvalue weighted by atomic mass is 19.3. The van der Waals surface area contributed by atoms with Crippen molar-refractivity contribution in [3.05, 3.63) is 64.7 Å². The van der Waals surface area contributed by atoms with Crippen molar-refractivity contribution in [2.24, 2.45) is 5.92 Å². The maximum absolute atomic E-state index is 14.5. The van der Waals surface area contributed by atoms with Crippen molar-refractivity contribution in [2.45, 2.75) is 58.0 Å². The van der Waals surface area contributed by atoms with Gasteiger partial charge in [0.15, 0.2) is 0 Å². The maximum Gasteiger partial charge on any atom is 0.387 e. The van der Waals surface area contributed by atoms with Crippen LogP contribution in [0.1, 0.15) is 68.1 Å². The Labute approximate surface area is 169 Å². The normalized spacial score (nSPS) is 19.0. The van der Waals surface area contributed by atoms with Crippen LogP contribution in [0, 0.1) is 29.4 Å². The third-order valence-corrected chi connectivity index (χ3v) is 5.49. The standard InChI is InChI=1S/C24H24F4O/c1-2-3-16-4-9-18(10-5-16)19-14-22(25)21(23(26)15-19)13-8-17-6-11-20(12-7-17)29-24(27)28/h6-7,11-12,14-16,18,24H,2-5,9-10H2,1H3/t16-,18-. The average molecular weight is 404 g/mol. The van der Waals surface area contributed by atoms with E-state index in [2.05, 4.69) is 23.5 Å². The van der Waals surface area contributed by atoms with Gasteiger partial charge >= 0.3 is 6.61 Å². The molecule has 0 spiro atoms. The third kappa shape index (κ3) is 5.76. The number of hydrogen-bond donors (Lipinski definition) is 0. The Hall–Kier alpha value is -2.48. The first-order valence-corrected chi connectivity index (χ1v) is 10.0. The number of benzene rings is 2. The molecule has 1 aliphatic rings. The number of rotatable bonds is 5. The van der Waals surface area contributed by atoms with E-state index in [4.69, 9.17) is 0 Å². The van der Waals surface area contributed by atoms with Gasteiger partial charge in [0.1, 0.15) is 17.4 Å². The van der Waals surface area contributed by atoms with Crippen LogP contribution < -0.4 is 4.74 Å². The fourth-order valence-electron chi connectivity index (χ4n) is 3.99. The van der Waals surface area contributed by atoms with Gasteiger partial charge in [-0.3, -0.25) is 0 Å². The molecule has 0 aromatic heterocycles. The minimum atomic E-state index is -2.91. The van der Waals surface area contributed by atoms with Crippen molar-refractivity contribution in [1.82, 2.24) is 0 Å². The molecule has 3 rings (SSSR count). The van der Waals surface area contributed by atoms with Crippen LogP contribution in [0.25, 0.3) is 0 Å². The molecule has 0 aliphatic heterocycles. The van der Waals surface area contributed by atoms with E-state index in [0.29, 0.717) is 11.1 Å². The Bertz CT molecular complexity index is 849. The maximum atomic E-state index is 14.5. The zero-order chi connectivity index (χ0) is 20.8. The van der Waals surface area contributed by atoms with Crippen LogP contribution in [-0.2, 0) is 0 Å². The molecule has 0 bridgehead atoms. The molecule has 1 saturated carbocycles. The summed E-state index contributed by atoms with van der Waals surface area (Å²) in [6.45, 7) is -0.724. The zero-order valence-corrected chi connectivity index (χ0v) is 16.4. The van der Waals surface area contributed by atoms with E-state index in [1.807, 2.05) is 0 Å². The Morgan fingerprint density at radius 1 is 0.966 bits per heavy atom. The van der Waals surface area contributed by atoms with Gasteiger partial charge in [0, 0.05) is 5.56 Å². The summed E-state index contributed by atoms with van der Waals surface area (Å²) in [6.07, 6.45) is 6.53. The molecule has 2 aromatic rings. The molecule has 0 heterocycles. The Kier molecular flexibility index (Phi) is 7.19. The fourth-order valence-corrected chi connectivity index (χ4v) is 3.99. The van der Waals surface area contributed by atoms with Crippen LogP contribution >= 0.6 is 0 Å². The van der Waals surface area contributed by atoms with E-state index >= 15 is 0 Å². The highest BCUT2D eigenvalue weighted by Crippen LogP contribution is 2.38. The van der Waals surface area contributed by atoms with Crippen LogP contribution in [0.4, 0.5) is 17.6 Å². The van der Waals surface area contributed by atoms with E-state index < -0.39 is 18.2 Å². The second kappa shape index (κ2) is 9.82. The molecule has 1 aliphatic carbocycles. The first kappa shape index (κ1) is 21.2. The minimum Gasteiger partial charge on any atom is -0.435 e. The molecule has 0 saturated heterocycles. The van der Waals surface area contributed by atoms with Gasteiger partial charge in [0.05, 0.1) is 5.56 Å². The predicted molar refractivity (Wildman–Crippen MR) is 105 cm³/mol. The highest BCUT2D eigenvalue weighted by molar-refractivity contribution is 5.46. The molecule has 1 nitrogen and oxygen atoms in total. The van der Waals surface area contributed by atoms with Crippen molar-refractivity contribution in [1.29, 1.82) is 0 Å². The lowest BCUT2D eigenvalue weighted by Gasteiger charge is -2.28. The predicted octanol–water partition coefficient (Wildman–Crippen LogP) is 7.04. The largest absolute Gasteiger partial charge is 0.435 e.